The molecule has 0 unspecified atom stereocenters. The van der Waals surface area contributed by atoms with Crippen LogP contribution in [0.3, 0.4) is 0 Å². The lowest BCUT2D eigenvalue weighted by molar-refractivity contribution is 0.0836. The van der Waals surface area contributed by atoms with Crippen LogP contribution in [0.1, 0.15) is 28.6 Å². The predicted octanol–water partition coefficient (Wildman–Crippen LogP) is 7.87. The highest BCUT2D eigenvalue weighted by Gasteiger charge is 2.26. The Bertz CT molecular complexity index is 1070. The second-order valence-electron chi connectivity index (χ2n) is 8.90. The van der Waals surface area contributed by atoms with E-state index in [4.69, 9.17) is 32.9 Å². The molecule has 0 saturated heterocycles. The number of imidazole rings is 1. The third kappa shape index (κ3) is 6.11. The van der Waals surface area contributed by atoms with E-state index in [1.165, 1.54) is 12.1 Å². The van der Waals surface area contributed by atoms with Crippen LogP contribution in [0.4, 0.5) is 8.78 Å². The van der Waals surface area contributed by atoms with E-state index < -0.39 is 25.6 Å². The van der Waals surface area contributed by atoms with E-state index in [1.54, 1.807) is 24.3 Å². The molecular weight excluding hydrogens is 584 g/mol. The number of benzene rings is 2. The zero-order chi connectivity index (χ0) is 23.6. The second-order valence-corrected chi connectivity index (χ2v) is 16.4. The highest BCUT2D eigenvalue weighted by atomic mass is 127. The molecule has 0 saturated carbocycles. The van der Waals surface area contributed by atoms with Crippen LogP contribution in [-0.2, 0) is 11.5 Å². The van der Waals surface area contributed by atoms with Crippen LogP contribution in [0.5, 0.6) is 0 Å². The van der Waals surface area contributed by atoms with Crippen LogP contribution in [0.25, 0.3) is 0 Å². The standard InChI is InChI=1S/C23H25Cl2F2IN2OSi/c1-14-22(28)29-23(30(14)13-31-9-10-32(2,3)4)21(15-5-7-19(26)17(24)11-15)16-6-8-20(27)18(25)12-16/h5-8,11-12,21H,9-10,13H2,1-4H3. The molecule has 1 heterocycles. The van der Waals surface area contributed by atoms with Crippen molar-refractivity contribution in [3.05, 3.63) is 84.4 Å². The molecule has 2 aromatic carbocycles. The van der Waals surface area contributed by atoms with Crippen molar-refractivity contribution < 1.29 is 13.5 Å². The van der Waals surface area contributed by atoms with Gasteiger partial charge in [0.1, 0.15) is 27.9 Å². The van der Waals surface area contributed by atoms with Gasteiger partial charge in [-0.25, -0.2) is 13.8 Å². The van der Waals surface area contributed by atoms with Gasteiger partial charge in [0.25, 0.3) is 0 Å². The summed E-state index contributed by atoms with van der Waals surface area (Å²) in [7, 11) is -1.22. The summed E-state index contributed by atoms with van der Waals surface area (Å²) in [5.74, 6) is -0.746. The zero-order valence-electron chi connectivity index (χ0n) is 18.4. The van der Waals surface area contributed by atoms with Gasteiger partial charge in [-0.15, -0.1) is 0 Å². The molecule has 9 heteroatoms. The van der Waals surface area contributed by atoms with Gasteiger partial charge in [0.2, 0.25) is 0 Å². The molecule has 3 aromatic rings. The molecule has 3 rings (SSSR count). The molecule has 0 radical (unpaired) electrons. The first kappa shape index (κ1) is 25.6. The number of rotatable bonds is 8. The van der Waals surface area contributed by atoms with Crippen molar-refractivity contribution in [1.29, 1.82) is 0 Å². The zero-order valence-corrected chi connectivity index (χ0v) is 23.0. The lowest BCUT2D eigenvalue weighted by atomic mass is 9.90. The van der Waals surface area contributed by atoms with Gasteiger partial charge >= 0.3 is 0 Å². The van der Waals surface area contributed by atoms with Crippen molar-refractivity contribution in [3.8, 4) is 0 Å². The van der Waals surface area contributed by atoms with Crippen molar-refractivity contribution in [3.63, 3.8) is 0 Å². The maximum atomic E-state index is 13.9. The molecule has 0 spiro atoms. The molecule has 0 fully saturated rings. The van der Waals surface area contributed by atoms with E-state index in [0.717, 1.165) is 26.6 Å². The predicted molar refractivity (Wildman–Crippen MR) is 138 cm³/mol. The molecule has 0 N–H and O–H groups in total. The van der Waals surface area contributed by atoms with Gasteiger partial charge in [0.05, 0.1) is 21.7 Å². The molecule has 0 aliphatic rings. The van der Waals surface area contributed by atoms with Crippen LogP contribution in [0.15, 0.2) is 36.4 Å². The Morgan fingerprint density at radius 1 is 1.03 bits per heavy atom. The molecule has 32 heavy (non-hydrogen) atoms. The van der Waals surface area contributed by atoms with Crippen molar-refractivity contribution in [1.82, 2.24) is 9.55 Å². The first-order valence-electron chi connectivity index (χ1n) is 10.2. The van der Waals surface area contributed by atoms with Gasteiger partial charge in [0, 0.05) is 14.7 Å². The molecule has 0 aliphatic heterocycles. The van der Waals surface area contributed by atoms with Gasteiger partial charge < -0.3 is 9.30 Å². The average molecular weight is 609 g/mol. The smallest absolute Gasteiger partial charge is 0.141 e. The van der Waals surface area contributed by atoms with Crippen molar-refractivity contribution >= 4 is 53.9 Å². The maximum absolute atomic E-state index is 13.9. The number of nitrogens with zero attached hydrogens (tertiary/aromatic N) is 2. The minimum absolute atomic E-state index is 0.0108. The van der Waals surface area contributed by atoms with Gasteiger partial charge in [-0.05, 0) is 71.0 Å². The van der Waals surface area contributed by atoms with E-state index in [9.17, 15) is 8.78 Å². The number of hydrogen-bond acceptors (Lipinski definition) is 2. The van der Waals surface area contributed by atoms with Crippen LogP contribution in [0.2, 0.25) is 35.7 Å². The molecule has 3 nitrogen and oxygen atoms in total. The van der Waals surface area contributed by atoms with Crippen molar-refractivity contribution in [2.45, 2.75) is 45.3 Å². The largest absolute Gasteiger partial charge is 0.361 e. The van der Waals surface area contributed by atoms with Crippen LogP contribution in [-0.4, -0.2) is 24.2 Å². The van der Waals surface area contributed by atoms with Crippen molar-refractivity contribution in [2.24, 2.45) is 0 Å². The van der Waals surface area contributed by atoms with Gasteiger partial charge in [-0.1, -0.05) is 55.0 Å². The minimum atomic E-state index is -1.22. The topological polar surface area (TPSA) is 27.1 Å². The van der Waals surface area contributed by atoms with Crippen LogP contribution in [0, 0.1) is 22.3 Å². The van der Waals surface area contributed by atoms with E-state index in [2.05, 4.69) is 42.2 Å². The van der Waals surface area contributed by atoms with Gasteiger partial charge in [0.15, 0.2) is 0 Å². The van der Waals surface area contributed by atoms with E-state index in [0.29, 0.717) is 19.2 Å². The van der Waals surface area contributed by atoms with E-state index in [-0.39, 0.29) is 10.0 Å². The van der Waals surface area contributed by atoms with Gasteiger partial charge in [-0.3, -0.25) is 0 Å². The summed E-state index contributed by atoms with van der Waals surface area (Å²) in [4.78, 5) is 4.80. The Hall–Kier alpha value is -1.00. The highest BCUT2D eigenvalue weighted by molar-refractivity contribution is 14.1. The monoisotopic (exact) mass is 608 g/mol. The third-order valence-electron chi connectivity index (χ3n) is 5.22. The Labute approximate surface area is 212 Å². The average Bonchev–Trinajstić information content (AvgIpc) is 2.98. The van der Waals surface area contributed by atoms with Crippen LogP contribution >= 0.6 is 45.8 Å². The fourth-order valence-corrected chi connectivity index (χ4v) is 4.99. The molecule has 0 aliphatic carbocycles. The molecule has 172 valence electrons. The Kier molecular flexibility index (Phi) is 8.41. The Balaban J connectivity index is 2.07. The molecule has 0 bridgehead atoms. The Morgan fingerprint density at radius 2 is 1.56 bits per heavy atom. The molecule has 0 atom stereocenters. The molecular formula is C23H25Cl2F2IN2OSi. The normalized spacial score (nSPS) is 12.1. The summed E-state index contributed by atoms with van der Waals surface area (Å²) >= 11 is 14.4. The number of hydrogen-bond donors (Lipinski definition) is 0. The number of halogens is 5. The SMILES string of the molecule is Cc1c(I)nc(C(c2ccc(F)c(Cl)c2)c2ccc(F)c(Cl)c2)n1COCC[Si](C)(C)C. The highest BCUT2D eigenvalue weighted by Crippen LogP contribution is 2.36. The third-order valence-corrected chi connectivity index (χ3v) is 8.53. The number of aromatic nitrogens is 2. The molecule has 0 amide bonds. The summed E-state index contributed by atoms with van der Waals surface area (Å²) < 4.78 is 36.6. The van der Waals surface area contributed by atoms with E-state index >= 15 is 0 Å². The van der Waals surface area contributed by atoms with E-state index in [1.807, 2.05) is 11.5 Å². The minimum Gasteiger partial charge on any atom is -0.361 e. The quantitative estimate of drug-likeness (QED) is 0.148. The van der Waals surface area contributed by atoms with Crippen molar-refractivity contribution in [2.75, 3.05) is 6.61 Å². The summed E-state index contributed by atoms with van der Waals surface area (Å²) in [6.07, 6.45) is 0. The fourth-order valence-electron chi connectivity index (χ4n) is 3.32. The summed E-state index contributed by atoms with van der Waals surface area (Å²) in [6.45, 7) is 9.90. The second kappa shape index (κ2) is 10.5. The fraction of sp³-hybridized carbons (Fsp3) is 0.348. The van der Waals surface area contributed by atoms with Crippen LogP contribution < -0.4 is 0 Å². The van der Waals surface area contributed by atoms with Gasteiger partial charge in [-0.2, -0.15) is 0 Å². The maximum Gasteiger partial charge on any atom is 0.141 e. The first-order valence-corrected chi connectivity index (χ1v) is 15.7. The Morgan fingerprint density at radius 3 is 2.03 bits per heavy atom. The number of ether oxygens (including phenoxy) is 1. The summed E-state index contributed by atoms with van der Waals surface area (Å²) in [6, 6.07) is 10.2. The summed E-state index contributed by atoms with van der Waals surface area (Å²) in [5.41, 5.74) is 2.41. The lowest BCUT2D eigenvalue weighted by Crippen LogP contribution is -2.22. The first-order chi connectivity index (χ1) is 15.0. The molecule has 1 aromatic heterocycles. The summed E-state index contributed by atoms with van der Waals surface area (Å²) in [5, 5.41) is 0.0215. The lowest BCUT2D eigenvalue weighted by Gasteiger charge is -2.21.